The lowest BCUT2D eigenvalue weighted by Gasteiger charge is -2.35. The van der Waals surface area contributed by atoms with E-state index in [0.717, 1.165) is 6.42 Å². The van der Waals surface area contributed by atoms with E-state index in [0.29, 0.717) is 0 Å². The Bertz CT molecular complexity index is 694. The van der Waals surface area contributed by atoms with Crippen molar-refractivity contribution in [1.82, 2.24) is 0 Å². The van der Waals surface area contributed by atoms with Crippen LogP contribution in [0.25, 0.3) is 0 Å². The Morgan fingerprint density at radius 1 is 0.652 bits per heavy atom. The standard InChI is InChI=1S/C23H26/c1-17-5-11-20(12-6-17)23(4,21-13-7-18(2)8-14-21)22-15-9-19(3)10-16-22/h5-9,11-15H,10,16H2,1-4H3. The number of allylic oxidation sites excluding steroid dienone is 4. The normalized spacial score (nSPS) is 15.1. The second-order valence-corrected chi connectivity index (χ2v) is 7.06. The van der Waals surface area contributed by atoms with Gasteiger partial charge in [0.05, 0.1) is 0 Å². The summed E-state index contributed by atoms with van der Waals surface area (Å²) in [6.07, 6.45) is 6.94. The first kappa shape index (κ1) is 15.8. The van der Waals surface area contributed by atoms with Crippen LogP contribution < -0.4 is 0 Å². The molecule has 3 rings (SSSR count). The van der Waals surface area contributed by atoms with E-state index in [1.54, 1.807) is 0 Å². The molecule has 0 saturated carbocycles. The molecule has 0 spiro atoms. The molecule has 0 heteroatoms. The number of rotatable bonds is 3. The molecule has 118 valence electrons. The Balaban J connectivity index is 2.16. The summed E-state index contributed by atoms with van der Waals surface area (Å²) in [5.41, 5.74) is 8.32. The van der Waals surface area contributed by atoms with E-state index in [9.17, 15) is 0 Å². The molecule has 0 radical (unpaired) electrons. The van der Waals surface area contributed by atoms with Gasteiger partial charge in [-0.1, -0.05) is 83.0 Å². The highest BCUT2D eigenvalue weighted by Crippen LogP contribution is 2.42. The Morgan fingerprint density at radius 3 is 1.52 bits per heavy atom. The molecule has 2 aromatic carbocycles. The zero-order valence-corrected chi connectivity index (χ0v) is 14.7. The van der Waals surface area contributed by atoms with Gasteiger partial charge in [0, 0.05) is 5.41 Å². The first-order valence-electron chi connectivity index (χ1n) is 8.51. The molecule has 0 aliphatic heterocycles. The molecule has 0 aromatic heterocycles. The van der Waals surface area contributed by atoms with Crippen LogP contribution in [0, 0.1) is 13.8 Å². The van der Waals surface area contributed by atoms with Crippen LogP contribution >= 0.6 is 0 Å². The summed E-state index contributed by atoms with van der Waals surface area (Å²) in [4.78, 5) is 0. The topological polar surface area (TPSA) is 0 Å². The van der Waals surface area contributed by atoms with Crippen LogP contribution in [0.4, 0.5) is 0 Å². The number of hydrogen-bond acceptors (Lipinski definition) is 0. The van der Waals surface area contributed by atoms with Crippen LogP contribution in [0.5, 0.6) is 0 Å². The van der Waals surface area contributed by atoms with Crippen molar-refractivity contribution in [2.75, 3.05) is 0 Å². The van der Waals surface area contributed by atoms with Gasteiger partial charge in [-0.2, -0.15) is 0 Å². The molecule has 0 fully saturated rings. The number of hydrogen-bond donors (Lipinski definition) is 0. The summed E-state index contributed by atoms with van der Waals surface area (Å²) in [6.45, 7) is 8.91. The predicted molar refractivity (Wildman–Crippen MR) is 99.9 cm³/mol. The lowest BCUT2D eigenvalue weighted by atomic mass is 9.68. The van der Waals surface area contributed by atoms with Crippen molar-refractivity contribution < 1.29 is 0 Å². The van der Waals surface area contributed by atoms with E-state index in [1.807, 2.05) is 0 Å². The number of aryl methyl sites for hydroxylation is 2. The summed E-state index contributed by atoms with van der Waals surface area (Å²) in [6, 6.07) is 18.1. The van der Waals surface area contributed by atoms with Gasteiger partial charge in [-0.3, -0.25) is 0 Å². The first-order valence-corrected chi connectivity index (χ1v) is 8.51. The van der Waals surface area contributed by atoms with Crippen molar-refractivity contribution in [3.05, 3.63) is 94.1 Å². The van der Waals surface area contributed by atoms with E-state index in [1.165, 1.54) is 39.8 Å². The molecule has 1 aliphatic rings. The molecule has 1 aliphatic carbocycles. The highest BCUT2D eigenvalue weighted by Gasteiger charge is 2.33. The maximum Gasteiger partial charge on any atom is 0.0386 e. The van der Waals surface area contributed by atoms with Crippen LogP contribution in [0.1, 0.15) is 48.9 Å². The van der Waals surface area contributed by atoms with Gasteiger partial charge in [-0.15, -0.1) is 0 Å². The zero-order chi connectivity index (χ0) is 16.4. The summed E-state index contributed by atoms with van der Waals surface area (Å²) in [5.74, 6) is 0. The highest BCUT2D eigenvalue weighted by atomic mass is 14.4. The van der Waals surface area contributed by atoms with Crippen LogP contribution in [0.3, 0.4) is 0 Å². The van der Waals surface area contributed by atoms with Gasteiger partial charge in [-0.25, -0.2) is 0 Å². The third-order valence-electron chi connectivity index (χ3n) is 5.26. The quantitative estimate of drug-likeness (QED) is 0.626. The molecule has 0 bridgehead atoms. The smallest absolute Gasteiger partial charge is 0.0386 e. The van der Waals surface area contributed by atoms with E-state index in [2.05, 4.69) is 88.4 Å². The van der Waals surface area contributed by atoms with Gasteiger partial charge < -0.3 is 0 Å². The van der Waals surface area contributed by atoms with E-state index < -0.39 is 0 Å². The van der Waals surface area contributed by atoms with Gasteiger partial charge in [-0.05, 0) is 51.7 Å². The summed E-state index contributed by atoms with van der Waals surface area (Å²) >= 11 is 0. The zero-order valence-electron chi connectivity index (χ0n) is 14.7. The third-order valence-corrected chi connectivity index (χ3v) is 5.26. The van der Waals surface area contributed by atoms with Gasteiger partial charge in [0.25, 0.3) is 0 Å². The maximum absolute atomic E-state index is 2.38. The average Bonchev–Trinajstić information content (AvgIpc) is 2.56. The highest BCUT2D eigenvalue weighted by molar-refractivity contribution is 5.50. The second kappa shape index (κ2) is 6.20. The van der Waals surface area contributed by atoms with E-state index in [-0.39, 0.29) is 5.41 Å². The van der Waals surface area contributed by atoms with E-state index >= 15 is 0 Å². The molecular formula is C23H26. The van der Waals surface area contributed by atoms with Crippen LogP contribution in [-0.2, 0) is 5.41 Å². The molecule has 0 unspecified atom stereocenters. The maximum atomic E-state index is 2.38. The minimum atomic E-state index is -0.0569. The largest absolute Gasteiger partial charge is 0.0730 e. The minimum Gasteiger partial charge on any atom is -0.0730 e. The van der Waals surface area contributed by atoms with Crippen molar-refractivity contribution in [1.29, 1.82) is 0 Å². The number of benzene rings is 2. The Morgan fingerprint density at radius 2 is 1.13 bits per heavy atom. The average molecular weight is 302 g/mol. The van der Waals surface area contributed by atoms with Crippen LogP contribution in [0.15, 0.2) is 71.8 Å². The molecule has 0 amide bonds. The molecular weight excluding hydrogens is 276 g/mol. The predicted octanol–water partition coefficient (Wildman–Crippen LogP) is 6.28. The Kier molecular flexibility index (Phi) is 4.26. The molecule has 0 saturated heterocycles. The molecule has 0 N–H and O–H groups in total. The monoisotopic (exact) mass is 302 g/mol. The molecule has 0 atom stereocenters. The fraction of sp³-hybridized carbons (Fsp3) is 0.304. The molecule has 23 heavy (non-hydrogen) atoms. The van der Waals surface area contributed by atoms with Gasteiger partial charge in [0.15, 0.2) is 0 Å². The van der Waals surface area contributed by atoms with Crippen LogP contribution in [-0.4, -0.2) is 0 Å². The van der Waals surface area contributed by atoms with Crippen molar-refractivity contribution in [3.8, 4) is 0 Å². The SMILES string of the molecule is CC1=CC=C(C(C)(c2ccc(C)cc2)c2ccc(C)cc2)CC1. The second-order valence-electron chi connectivity index (χ2n) is 7.06. The summed E-state index contributed by atoms with van der Waals surface area (Å²) < 4.78 is 0. The van der Waals surface area contributed by atoms with Crippen LogP contribution in [0.2, 0.25) is 0 Å². The lowest BCUT2D eigenvalue weighted by molar-refractivity contribution is 0.628. The fourth-order valence-corrected chi connectivity index (χ4v) is 3.47. The van der Waals surface area contributed by atoms with Crippen molar-refractivity contribution in [2.45, 2.75) is 46.0 Å². The van der Waals surface area contributed by atoms with Crippen molar-refractivity contribution >= 4 is 0 Å². The molecule has 0 heterocycles. The van der Waals surface area contributed by atoms with Gasteiger partial charge in [0.1, 0.15) is 0 Å². The first-order chi connectivity index (χ1) is 11.0. The summed E-state index contributed by atoms with van der Waals surface area (Å²) in [5, 5.41) is 0. The Labute approximate surface area is 140 Å². The lowest BCUT2D eigenvalue weighted by Crippen LogP contribution is -2.27. The van der Waals surface area contributed by atoms with E-state index in [4.69, 9.17) is 0 Å². The van der Waals surface area contributed by atoms with Crippen molar-refractivity contribution in [2.24, 2.45) is 0 Å². The fourth-order valence-electron chi connectivity index (χ4n) is 3.47. The molecule has 2 aromatic rings. The van der Waals surface area contributed by atoms with Gasteiger partial charge in [0.2, 0.25) is 0 Å². The minimum absolute atomic E-state index is 0.0569. The third kappa shape index (κ3) is 3.03. The summed E-state index contributed by atoms with van der Waals surface area (Å²) in [7, 11) is 0. The van der Waals surface area contributed by atoms with Crippen molar-refractivity contribution in [3.63, 3.8) is 0 Å². The Hall–Kier alpha value is -2.08. The molecule has 0 nitrogen and oxygen atoms in total. The van der Waals surface area contributed by atoms with Gasteiger partial charge >= 0.3 is 0 Å².